The average Bonchev–Trinajstić information content (AvgIpc) is 3.09. The molecule has 26 heavy (non-hydrogen) atoms. The number of nitrogens with zero attached hydrogens (tertiary/aromatic N) is 2. The molecule has 2 aromatic carbocycles. The smallest absolute Gasteiger partial charge is 0.130 e. The van der Waals surface area contributed by atoms with E-state index < -0.39 is 0 Å². The molecule has 0 aliphatic heterocycles. The second kappa shape index (κ2) is 6.54. The highest BCUT2D eigenvalue weighted by Crippen LogP contribution is 2.28. The van der Waals surface area contributed by atoms with E-state index in [1.54, 1.807) is 11.3 Å². The third-order valence-corrected chi connectivity index (χ3v) is 5.24. The van der Waals surface area contributed by atoms with Crippen molar-refractivity contribution in [3.05, 3.63) is 71.9 Å². The van der Waals surface area contributed by atoms with Crippen LogP contribution in [0.2, 0.25) is 0 Å². The summed E-state index contributed by atoms with van der Waals surface area (Å²) < 4.78 is 1.17. The molecule has 0 saturated heterocycles. The Labute approximate surface area is 157 Å². The molecule has 0 aliphatic carbocycles. The first-order chi connectivity index (χ1) is 12.5. The van der Waals surface area contributed by atoms with Gasteiger partial charge in [-0.3, -0.25) is 0 Å². The Kier molecular flexibility index (Phi) is 4.21. The molecule has 2 aromatic heterocycles. The summed E-state index contributed by atoms with van der Waals surface area (Å²) in [4.78, 5) is 8.78. The third kappa shape index (κ3) is 3.46. The molecule has 0 radical (unpaired) electrons. The zero-order chi connectivity index (χ0) is 18.1. The van der Waals surface area contributed by atoms with Gasteiger partial charge >= 0.3 is 0 Å². The fourth-order valence-electron chi connectivity index (χ4n) is 2.92. The van der Waals surface area contributed by atoms with Gasteiger partial charge in [0.2, 0.25) is 0 Å². The fourth-order valence-corrected chi connectivity index (χ4v) is 3.64. The van der Waals surface area contributed by atoms with E-state index in [9.17, 15) is 0 Å². The predicted octanol–water partition coefficient (Wildman–Crippen LogP) is 6.40. The summed E-state index contributed by atoms with van der Waals surface area (Å²) in [7, 11) is 0. The molecule has 4 rings (SSSR count). The van der Waals surface area contributed by atoms with E-state index in [0.29, 0.717) is 0 Å². The lowest BCUT2D eigenvalue weighted by Crippen LogP contribution is -2.10. The normalized spacial score (nSPS) is 11.7. The number of anilines is 2. The van der Waals surface area contributed by atoms with Crippen LogP contribution >= 0.6 is 11.3 Å². The predicted molar refractivity (Wildman–Crippen MR) is 111 cm³/mol. The maximum absolute atomic E-state index is 4.46. The van der Waals surface area contributed by atoms with Gasteiger partial charge in [0.25, 0.3) is 0 Å². The minimum atomic E-state index is 0.165. The lowest BCUT2D eigenvalue weighted by atomic mass is 9.86. The van der Waals surface area contributed by atoms with Crippen LogP contribution in [-0.4, -0.2) is 9.97 Å². The molecule has 4 heteroatoms. The van der Waals surface area contributed by atoms with Crippen molar-refractivity contribution in [2.75, 3.05) is 5.32 Å². The van der Waals surface area contributed by atoms with Gasteiger partial charge in [-0.1, -0.05) is 45.0 Å². The monoisotopic (exact) mass is 359 g/mol. The van der Waals surface area contributed by atoms with E-state index in [0.717, 1.165) is 22.6 Å². The molecule has 3 nitrogen and oxygen atoms in total. The zero-order valence-corrected chi connectivity index (χ0v) is 16.0. The Hall–Kier alpha value is -2.72. The molecule has 0 amide bonds. The first-order valence-electron chi connectivity index (χ1n) is 8.66. The van der Waals surface area contributed by atoms with Crippen LogP contribution < -0.4 is 5.32 Å². The van der Waals surface area contributed by atoms with Gasteiger partial charge in [-0.15, -0.1) is 11.3 Å². The van der Waals surface area contributed by atoms with Crippen LogP contribution in [0.25, 0.3) is 21.3 Å². The number of thiazole rings is 1. The minimum absolute atomic E-state index is 0.165. The van der Waals surface area contributed by atoms with E-state index in [1.165, 1.54) is 15.8 Å². The summed E-state index contributed by atoms with van der Waals surface area (Å²) in [5, 5.41) is 3.40. The largest absolute Gasteiger partial charge is 0.340 e. The van der Waals surface area contributed by atoms with E-state index in [2.05, 4.69) is 72.5 Å². The van der Waals surface area contributed by atoms with Gasteiger partial charge in [-0.25, -0.2) is 9.97 Å². The molecule has 0 bridgehead atoms. The van der Waals surface area contributed by atoms with Gasteiger partial charge in [0.15, 0.2) is 0 Å². The fraction of sp³-hybridized carbons (Fsp3) is 0.182. The average molecular weight is 359 g/mol. The van der Waals surface area contributed by atoms with Gasteiger partial charge < -0.3 is 5.32 Å². The Balaban J connectivity index is 1.60. The molecule has 0 saturated carbocycles. The van der Waals surface area contributed by atoms with Crippen molar-refractivity contribution in [2.45, 2.75) is 26.2 Å². The van der Waals surface area contributed by atoms with Crippen molar-refractivity contribution in [1.29, 1.82) is 0 Å². The van der Waals surface area contributed by atoms with Crippen molar-refractivity contribution in [1.82, 2.24) is 9.97 Å². The summed E-state index contributed by atoms with van der Waals surface area (Å²) in [6.07, 6.45) is 1.85. The highest BCUT2D eigenvalue weighted by Gasteiger charge is 2.13. The highest BCUT2D eigenvalue weighted by molar-refractivity contribution is 7.16. The Bertz CT molecular complexity index is 1040. The standard InChI is InChI=1S/C22H21N3S/c1-22(2,3)17-6-4-15(5-7-17)16-10-11-23-21(12-16)25-18-8-9-19-20(13-18)26-14-24-19/h4-14H,1-3H3,(H,23,25). The molecule has 0 aliphatic rings. The van der Waals surface area contributed by atoms with Crippen LogP contribution in [0.3, 0.4) is 0 Å². The molecular formula is C22H21N3S. The highest BCUT2D eigenvalue weighted by atomic mass is 32.1. The van der Waals surface area contributed by atoms with Gasteiger partial charge in [-0.05, 0) is 52.4 Å². The number of rotatable bonds is 3. The molecule has 2 heterocycles. The lowest BCUT2D eigenvalue weighted by Gasteiger charge is -2.19. The van der Waals surface area contributed by atoms with E-state index >= 15 is 0 Å². The minimum Gasteiger partial charge on any atom is -0.340 e. The van der Waals surface area contributed by atoms with Crippen molar-refractivity contribution >= 4 is 33.1 Å². The van der Waals surface area contributed by atoms with Crippen molar-refractivity contribution < 1.29 is 0 Å². The van der Waals surface area contributed by atoms with Crippen LogP contribution in [0, 0.1) is 0 Å². The number of hydrogen-bond acceptors (Lipinski definition) is 4. The summed E-state index contributed by atoms with van der Waals surface area (Å²) in [5.41, 5.74) is 7.78. The molecule has 130 valence electrons. The van der Waals surface area contributed by atoms with Crippen molar-refractivity contribution in [3.63, 3.8) is 0 Å². The number of hydrogen-bond donors (Lipinski definition) is 1. The summed E-state index contributed by atoms with van der Waals surface area (Å²) in [6, 6.07) is 19.1. The van der Waals surface area contributed by atoms with Crippen LogP contribution in [-0.2, 0) is 5.41 Å². The van der Waals surface area contributed by atoms with E-state index in [1.807, 2.05) is 29.9 Å². The number of pyridine rings is 1. The molecule has 0 atom stereocenters. The Morgan fingerprint density at radius 3 is 2.42 bits per heavy atom. The van der Waals surface area contributed by atoms with Gasteiger partial charge in [0, 0.05) is 11.9 Å². The number of nitrogens with one attached hydrogen (secondary N) is 1. The summed E-state index contributed by atoms with van der Waals surface area (Å²) >= 11 is 1.64. The number of aromatic nitrogens is 2. The van der Waals surface area contributed by atoms with Gasteiger partial charge in [0.1, 0.15) is 5.82 Å². The van der Waals surface area contributed by atoms with Crippen LogP contribution in [0.1, 0.15) is 26.3 Å². The molecule has 4 aromatic rings. The Morgan fingerprint density at radius 2 is 1.65 bits per heavy atom. The maximum atomic E-state index is 4.46. The van der Waals surface area contributed by atoms with Crippen LogP contribution in [0.15, 0.2) is 66.3 Å². The summed E-state index contributed by atoms with van der Waals surface area (Å²) in [6.45, 7) is 6.70. The maximum Gasteiger partial charge on any atom is 0.130 e. The zero-order valence-electron chi connectivity index (χ0n) is 15.2. The number of benzene rings is 2. The van der Waals surface area contributed by atoms with Crippen LogP contribution in [0.5, 0.6) is 0 Å². The SMILES string of the molecule is CC(C)(C)c1ccc(-c2ccnc(Nc3ccc4ncsc4c3)c2)cc1. The van der Waals surface area contributed by atoms with E-state index in [4.69, 9.17) is 0 Å². The quantitative estimate of drug-likeness (QED) is 0.460. The van der Waals surface area contributed by atoms with E-state index in [-0.39, 0.29) is 5.41 Å². The summed E-state index contributed by atoms with van der Waals surface area (Å²) in [5.74, 6) is 0.839. The first kappa shape index (κ1) is 16.7. The number of fused-ring (bicyclic) bond motifs is 1. The Morgan fingerprint density at radius 1 is 0.846 bits per heavy atom. The molecule has 0 spiro atoms. The molecular weight excluding hydrogens is 338 g/mol. The van der Waals surface area contributed by atoms with Crippen molar-refractivity contribution in [2.24, 2.45) is 0 Å². The second-order valence-electron chi connectivity index (χ2n) is 7.42. The third-order valence-electron chi connectivity index (χ3n) is 4.45. The van der Waals surface area contributed by atoms with Gasteiger partial charge in [0.05, 0.1) is 15.7 Å². The van der Waals surface area contributed by atoms with Crippen molar-refractivity contribution in [3.8, 4) is 11.1 Å². The lowest BCUT2D eigenvalue weighted by molar-refractivity contribution is 0.590. The molecule has 0 fully saturated rings. The van der Waals surface area contributed by atoms with Crippen LogP contribution in [0.4, 0.5) is 11.5 Å². The topological polar surface area (TPSA) is 37.8 Å². The van der Waals surface area contributed by atoms with Gasteiger partial charge in [-0.2, -0.15) is 0 Å². The first-order valence-corrected chi connectivity index (χ1v) is 9.54. The molecule has 1 N–H and O–H groups in total. The second-order valence-corrected chi connectivity index (χ2v) is 8.30. The molecule has 0 unspecified atom stereocenters.